The van der Waals surface area contributed by atoms with E-state index < -0.39 is 0 Å². The Balaban J connectivity index is 1.89. The van der Waals surface area contributed by atoms with Gasteiger partial charge in [-0.3, -0.25) is 4.79 Å². The molecule has 0 aromatic heterocycles. The quantitative estimate of drug-likeness (QED) is 0.820. The lowest BCUT2D eigenvalue weighted by Gasteiger charge is -2.28. The van der Waals surface area contributed by atoms with E-state index in [1.165, 1.54) is 0 Å². The van der Waals surface area contributed by atoms with Gasteiger partial charge in [-0.2, -0.15) is 0 Å². The van der Waals surface area contributed by atoms with Crippen LogP contribution in [0.5, 0.6) is 0 Å². The Labute approximate surface area is 111 Å². The van der Waals surface area contributed by atoms with Crippen LogP contribution in [0.2, 0.25) is 0 Å². The first kappa shape index (κ1) is 13.9. The Kier molecular flexibility index (Phi) is 3.72. The van der Waals surface area contributed by atoms with Crippen molar-refractivity contribution in [3.8, 4) is 0 Å². The Hall–Kier alpha value is -0.570. The molecule has 3 nitrogen and oxygen atoms in total. The molecule has 4 atom stereocenters. The van der Waals surface area contributed by atoms with Crippen LogP contribution in [0.4, 0.5) is 0 Å². The second-order valence-corrected chi connectivity index (χ2v) is 7.34. The third kappa shape index (κ3) is 2.71. The fraction of sp³-hybridized carbons (Fsp3) is 0.933. The van der Waals surface area contributed by atoms with Gasteiger partial charge in [0.15, 0.2) is 0 Å². The number of nitrogens with zero attached hydrogens (tertiary/aromatic N) is 1. The van der Waals surface area contributed by atoms with Crippen LogP contribution in [-0.4, -0.2) is 35.1 Å². The first-order valence-electron chi connectivity index (χ1n) is 7.25. The average molecular weight is 253 g/mol. The van der Waals surface area contributed by atoms with Crippen molar-refractivity contribution in [3.63, 3.8) is 0 Å². The van der Waals surface area contributed by atoms with E-state index in [-0.39, 0.29) is 17.4 Å². The molecule has 1 amide bonds. The Morgan fingerprint density at radius 3 is 2.56 bits per heavy atom. The second-order valence-electron chi connectivity index (χ2n) is 7.34. The van der Waals surface area contributed by atoms with E-state index in [1.807, 2.05) is 4.90 Å². The summed E-state index contributed by atoms with van der Waals surface area (Å²) in [6.07, 6.45) is 2.48. The van der Waals surface area contributed by atoms with Gasteiger partial charge in [-0.05, 0) is 30.1 Å². The standard InChI is InChI=1S/C15H27NO2/c1-10(15(2,3)4)7-14(18)16-8-11-5-6-13(17)12(11)9-16/h10-13,17H,5-9H2,1-4H3. The molecule has 1 saturated carbocycles. The van der Waals surface area contributed by atoms with Gasteiger partial charge in [0, 0.05) is 25.4 Å². The third-order valence-corrected chi connectivity index (χ3v) is 5.13. The molecular weight excluding hydrogens is 226 g/mol. The van der Waals surface area contributed by atoms with E-state index in [0.29, 0.717) is 24.2 Å². The number of likely N-dealkylation sites (tertiary alicyclic amines) is 1. The molecule has 0 aromatic carbocycles. The van der Waals surface area contributed by atoms with Gasteiger partial charge < -0.3 is 10.0 Å². The smallest absolute Gasteiger partial charge is 0.222 e. The minimum Gasteiger partial charge on any atom is -0.393 e. The Morgan fingerprint density at radius 2 is 2.00 bits per heavy atom. The number of carbonyl (C=O) groups excluding carboxylic acids is 1. The number of hydrogen-bond donors (Lipinski definition) is 1. The van der Waals surface area contributed by atoms with E-state index >= 15 is 0 Å². The maximum atomic E-state index is 12.3. The summed E-state index contributed by atoms with van der Waals surface area (Å²) >= 11 is 0. The van der Waals surface area contributed by atoms with Gasteiger partial charge in [0.05, 0.1) is 6.10 Å². The third-order valence-electron chi connectivity index (χ3n) is 5.13. The number of aliphatic hydroxyl groups is 1. The number of carbonyl (C=O) groups is 1. The SMILES string of the molecule is CC(CC(=O)N1CC2CCC(O)C2C1)C(C)(C)C. The van der Waals surface area contributed by atoms with E-state index in [1.54, 1.807) is 0 Å². The molecular formula is C15H27NO2. The molecule has 2 rings (SSSR count). The van der Waals surface area contributed by atoms with Gasteiger partial charge >= 0.3 is 0 Å². The molecule has 1 saturated heterocycles. The van der Waals surface area contributed by atoms with Crippen LogP contribution in [0.25, 0.3) is 0 Å². The zero-order valence-corrected chi connectivity index (χ0v) is 12.1. The Bertz CT molecular complexity index is 321. The molecule has 0 aromatic rings. The second kappa shape index (κ2) is 4.84. The molecule has 0 spiro atoms. The summed E-state index contributed by atoms with van der Waals surface area (Å²) in [7, 11) is 0. The van der Waals surface area contributed by atoms with E-state index in [4.69, 9.17) is 0 Å². The first-order valence-corrected chi connectivity index (χ1v) is 7.25. The summed E-state index contributed by atoms with van der Waals surface area (Å²) in [5.41, 5.74) is 0.185. The average Bonchev–Trinajstić information content (AvgIpc) is 2.80. The normalized spacial score (nSPS) is 33.6. The molecule has 0 radical (unpaired) electrons. The largest absolute Gasteiger partial charge is 0.393 e. The molecule has 2 aliphatic rings. The van der Waals surface area contributed by atoms with Crippen LogP contribution < -0.4 is 0 Å². The highest BCUT2D eigenvalue weighted by Crippen LogP contribution is 2.39. The van der Waals surface area contributed by atoms with Gasteiger partial charge in [-0.25, -0.2) is 0 Å². The highest BCUT2D eigenvalue weighted by atomic mass is 16.3. The van der Waals surface area contributed by atoms with Gasteiger partial charge in [0.1, 0.15) is 0 Å². The van der Waals surface area contributed by atoms with E-state index in [0.717, 1.165) is 25.9 Å². The van der Waals surface area contributed by atoms with Crippen LogP contribution in [0, 0.1) is 23.2 Å². The number of hydrogen-bond acceptors (Lipinski definition) is 2. The van der Waals surface area contributed by atoms with Crippen LogP contribution in [0.3, 0.4) is 0 Å². The lowest BCUT2D eigenvalue weighted by atomic mass is 9.80. The molecule has 0 bridgehead atoms. The van der Waals surface area contributed by atoms with Crippen LogP contribution >= 0.6 is 0 Å². The number of rotatable bonds is 2. The number of aliphatic hydroxyl groups excluding tert-OH is 1. The minimum atomic E-state index is -0.173. The highest BCUT2D eigenvalue weighted by Gasteiger charge is 2.43. The fourth-order valence-electron chi connectivity index (χ4n) is 3.14. The molecule has 3 heteroatoms. The van der Waals surface area contributed by atoms with Crippen LogP contribution in [0.15, 0.2) is 0 Å². The molecule has 1 aliphatic heterocycles. The maximum Gasteiger partial charge on any atom is 0.222 e. The summed E-state index contributed by atoms with van der Waals surface area (Å²) in [6, 6.07) is 0. The summed E-state index contributed by atoms with van der Waals surface area (Å²) < 4.78 is 0. The van der Waals surface area contributed by atoms with E-state index in [2.05, 4.69) is 27.7 Å². The predicted octanol–water partition coefficient (Wildman–Crippen LogP) is 2.29. The van der Waals surface area contributed by atoms with Gasteiger partial charge in [0.25, 0.3) is 0 Å². The van der Waals surface area contributed by atoms with Crippen LogP contribution in [0.1, 0.15) is 47.0 Å². The van der Waals surface area contributed by atoms with Crippen molar-refractivity contribution in [2.24, 2.45) is 23.2 Å². The van der Waals surface area contributed by atoms with Crippen LogP contribution in [-0.2, 0) is 4.79 Å². The van der Waals surface area contributed by atoms with Gasteiger partial charge in [-0.15, -0.1) is 0 Å². The maximum absolute atomic E-state index is 12.3. The molecule has 1 N–H and O–H groups in total. The lowest BCUT2D eigenvalue weighted by molar-refractivity contribution is -0.132. The summed E-state index contributed by atoms with van der Waals surface area (Å²) in [6.45, 7) is 10.4. The molecule has 1 heterocycles. The van der Waals surface area contributed by atoms with Gasteiger partial charge in [-0.1, -0.05) is 27.7 Å². The first-order chi connectivity index (χ1) is 8.29. The monoisotopic (exact) mass is 253 g/mol. The van der Waals surface area contributed by atoms with Crippen molar-refractivity contribution in [3.05, 3.63) is 0 Å². The van der Waals surface area contributed by atoms with Crippen molar-refractivity contribution >= 4 is 5.91 Å². The molecule has 2 fully saturated rings. The van der Waals surface area contributed by atoms with E-state index in [9.17, 15) is 9.90 Å². The number of fused-ring (bicyclic) bond motifs is 1. The zero-order valence-electron chi connectivity index (χ0n) is 12.1. The summed E-state index contributed by atoms with van der Waals surface area (Å²) in [5.74, 6) is 1.57. The molecule has 104 valence electrons. The van der Waals surface area contributed by atoms with Crippen molar-refractivity contribution < 1.29 is 9.90 Å². The highest BCUT2D eigenvalue weighted by molar-refractivity contribution is 5.76. The van der Waals surface area contributed by atoms with Crippen molar-refractivity contribution in [1.29, 1.82) is 0 Å². The fourth-order valence-corrected chi connectivity index (χ4v) is 3.14. The zero-order chi connectivity index (χ0) is 13.5. The van der Waals surface area contributed by atoms with Crippen molar-refractivity contribution in [2.75, 3.05) is 13.1 Å². The Morgan fingerprint density at radius 1 is 1.33 bits per heavy atom. The topological polar surface area (TPSA) is 40.5 Å². The van der Waals surface area contributed by atoms with Crippen molar-refractivity contribution in [2.45, 2.75) is 53.1 Å². The van der Waals surface area contributed by atoms with Gasteiger partial charge in [0.2, 0.25) is 5.91 Å². The number of amides is 1. The molecule has 1 aliphatic carbocycles. The molecule has 18 heavy (non-hydrogen) atoms. The predicted molar refractivity (Wildman–Crippen MR) is 72.0 cm³/mol. The minimum absolute atomic E-state index is 0.173. The summed E-state index contributed by atoms with van der Waals surface area (Å²) in [5, 5.41) is 9.87. The lowest BCUT2D eigenvalue weighted by Crippen LogP contribution is -2.34. The molecule has 4 unspecified atom stereocenters. The summed E-state index contributed by atoms with van der Waals surface area (Å²) in [4.78, 5) is 14.3. The van der Waals surface area contributed by atoms with Crippen molar-refractivity contribution in [1.82, 2.24) is 4.90 Å².